The number of thioether (sulfide) groups is 1. The molecule has 3 rings (SSSR count). The van der Waals surface area contributed by atoms with Crippen molar-refractivity contribution in [3.05, 3.63) is 19.2 Å². The fourth-order valence-corrected chi connectivity index (χ4v) is 6.80. The Morgan fingerprint density at radius 1 is 1.50 bits per heavy atom. The van der Waals surface area contributed by atoms with Crippen molar-refractivity contribution in [3.8, 4) is 0 Å². The van der Waals surface area contributed by atoms with Crippen molar-refractivity contribution in [2.24, 2.45) is 11.8 Å². The van der Waals surface area contributed by atoms with Crippen molar-refractivity contribution < 1.29 is 4.74 Å². The fourth-order valence-electron chi connectivity index (χ4n) is 3.18. The normalized spacial score (nSPS) is 31.9. The molecule has 1 spiro atoms. The molecule has 3 nitrogen and oxygen atoms in total. The van der Waals surface area contributed by atoms with E-state index in [1.807, 2.05) is 11.8 Å². The second kappa shape index (κ2) is 6.56. The lowest BCUT2D eigenvalue weighted by molar-refractivity contribution is -0.0852. The molecular formula is C13H18Br2N2OS2. The van der Waals surface area contributed by atoms with E-state index in [1.54, 1.807) is 11.3 Å². The van der Waals surface area contributed by atoms with E-state index >= 15 is 0 Å². The molecule has 3 unspecified atom stereocenters. The summed E-state index contributed by atoms with van der Waals surface area (Å²) in [6.45, 7) is 0.858. The fraction of sp³-hybridized carbons (Fsp3) is 0.692. The topological polar surface area (TPSA) is 47.3 Å². The van der Waals surface area contributed by atoms with Gasteiger partial charge in [0, 0.05) is 21.7 Å². The Morgan fingerprint density at radius 3 is 2.95 bits per heavy atom. The third-order valence-corrected chi connectivity index (χ3v) is 8.78. The van der Waals surface area contributed by atoms with Crippen molar-refractivity contribution in [2.75, 3.05) is 18.1 Å². The van der Waals surface area contributed by atoms with Crippen LogP contribution in [0.4, 0.5) is 0 Å². The summed E-state index contributed by atoms with van der Waals surface area (Å²) >= 11 is 10.9. The van der Waals surface area contributed by atoms with E-state index in [-0.39, 0.29) is 11.6 Å². The smallest absolute Gasteiger partial charge is 0.0843 e. The lowest BCUT2D eigenvalue weighted by atomic mass is 9.81. The Kier molecular flexibility index (Phi) is 5.17. The quantitative estimate of drug-likeness (QED) is 0.547. The number of nitrogens with two attached hydrogens (primary N) is 1. The van der Waals surface area contributed by atoms with Crippen LogP contribution >= 0.6 is 55.0 Å². The number of rotatable bonds is 3. The molecule has 0 bridgehead atoms. The van der Waals surface area contributed by atoms with Gasteiger partial charge in [0.2, 0.25) is 0 Å². The van der Waals surface area contributed by atoms with Crippen molar-refractivity contribution in [2.45, 2.75) is 30.9 Å². The summed E-state index contributed by atoms with van der Waals surface area (Å²) in [5, 5.41) is 0. The molecule has 0 radical (unpaired) electrons. The first-order valence-corrected chi connectivity index (χ1v) is 10.3. The Labute approximate surface area is 144 Å². The molecule has 2 saturated heterocycles. The van der Waals surface area contributed by atoms with Crippen LogP contribution in [0.3, 0.4) is 0 Å². The zero-order valence-corrected chi connectivity index (χ0v) is 15.8. The minimum absolute atomic E-state index is 0.106. The average molecular weight is 442 g/mol. The molecule has 0 saturated carbocycles. The second-order valence-electron chi connectivity index (χ2n) is 5.50. The van der Waals surface area contributed by atoms with E-state index in [9.17, 15) is 0 Å². The zero-order valence-electron chi connectivity index (χ0n) is 11.0. The molecule has 20 heavy (non-hydrogen) atoms. The van der Waals surface area contributed by atoms with E-state index in [4.69, 9.17) is 10.6 Å². The van der Waals surface area contributed by atoms with Gasteiger partial charge in [-0.3, -0.25) is 11.3 Å². The van der Waals surface area contributed by atoms with Gasteiger partial charge in [-0.1, -0.05) is 0 Å². The standard InChI is InChI=1S/C13H18Br2N2OS2/c14-9-5-10(20-12(9)15)11(17-16)8-1-3-18-13(6-8)2-4-19-7-13/h5,8,11,17H,1-4,6-7,16H2. The first-order chi connectivity index (χ1) is 9.63. The largest absolute Gasteiger partial charge is 0.374 e. The van der Waals surface area contributed by atoms with Gasteiger partial charge in [-0.25, -0.2) is 0 Å². The summed E-state index contributed by atoms with van der Waals surface area (Å²) in [7, 11) is 0. The molecule has 2 aliphatic rings. The number of ether oxygens (including phenoxy) is 1. The van der Waals surface area contributed by atoms with E-state index in [2.05, 4.69) is 43.4 Å². The maximum absolute atomic E-state index is 6.11. The van der Waals surface area contributed by atoms with Crippen LogP contribution in [0.5, 0.6) is 0 Å². The number of halogens is 2. The molecule has 7 heteroatoms. The lowest BCUT2D eigenvalue weighted by Gasteiger charge is -2.40. The van der Waals surface area contributed by atoms with E-state index in [0.29, 0.717) is 5.92 Å². The number of hydrazine groups is 1. The summed E-state index contributed by atoms with van der Waals surface area (Å²) < 4.78 is 8.35. The molecule has 1 aromatic heterocycles. The summed E-state index contributed by atoms with van der Waals surface area (Å²) in [5.41, 5.74) is 3.15. The van der Waals surface area contributed by atoms with Gasteiger partial charge in [0.05, 0.1) is 15.4 Å². The van der Waals surface area contributed by atoms with Crippen LogP contribution < -0.4 is 11.3 Å². The molecule has 112 valence electrons. The van der Waals surface area contributed by atoms with Gasteiger partial charge in [-0.05, 0) is 68.9 Å². The third kappa shape index (κ3) is 3.14. The summed E-state index contributed by atoms with van der Waals surface area (Å²) in [5.74, 6) is 8.77. The van der Waals surface area contributed by atoms with Crippen LogP contribution in [0.1, 0.15) is 30.2 Å². The predicted molar refractivity (Wildman–Crippen MR) is 93.1 cm³/mol. The first-order valence-electron chi connectivity index (χ1n) is 6.76. The van der Waals surface area contributed by atoms with Crippen LogP contribution in [-0.4, -0.2) is 23.7 Å². The minimum atomic E-state index is 0.106. The number of hydrogen-bond acceptors (Lipinski definition) is 5. The summed E-state index contributed by atoms with van der Waals surface area (Å²) in [6.07, 6.45) is 3.37. The van der Waals surface area contributed by atoms with Crippen LogP contribution in [0, 0.1) is 5.92 Å². The molecule has 1 aromatic rings. The maximum Gasteiger partial charge on any atom is 0.0843 e. The zero-order chi connectivity index (χ0) is 14.2. The van der Waals surface area contributed by atoms with Crippen molar-refractivity contribution >= 4 is 55.0 Å². The number of hydrogen-bond donors (Lipinski definition) is 2. The van der Waals surface area contributed by atoms with Crippen LogP contribution in [0.25, 0.3) is 0 Å². The van der Waals surface area contributed by atoms with Crippen molar-refractivity contribution in [1.29, 1.82) is 0 Å². The predicted octanol–water partition coefficient (Wildman–Crippen LogP) is 4.08. The van der Waals surface area contributed by atoms with Gasteiger partial charge in [-0.2, -0.15) is 11.8 Å². The summed E-state index contributed by atoms with van der Waals surface area (Å²) in [6, 6.07) is 2.39. The monoisotopic (exact) mass is 440 g/mol. The molecule has 3 N–H and O–H groups in total. The third-order valence-electron chi connectivity index (χ3n) is 4.22. The van der Waals surface area contributed by atoms with E-state index < -0.39 is 0 Å². The van der Waals surface area contributed by atoms with Crippen LogP contribution in [-0.2, 0) is 4.74 Å². The second-order valence-corrected chi connectivity index (χ2v) is 9.86. The van der Waals surface area contributed by atoms with Gasteiger partial charge in [0.1, 0.15) is 0 Å². The summed E-state index contributed by atoms with van der Waals surface area (Å²) in [4.78, 5) is 1.29. The van der Waals surface area contributed by atoms with Crippen molar-refractivity contribution in [1.82, 2.24) is 5.43 Å². The van der Waals surface area contributed by atoms with Gasteiger partial charge < -0.3 is 4.74 Å². The Hall–Kier alpha value is 0.890. The molecule has 2 aliphatic heterocycles. The molecule has 0 aromatic carbocycles. The molecule has 3 atom stereocenters. The highest BCUT2D eigenvalue weighted by Gasteiger charge is 2.42. The molecule has 0 aliphatic carbocycles. The molecule has 3 heterocycles. The Morgan fingerprint density at radius 2 is 2.35 bits per heavy atom. The van der Waals surface area contributed by atoms with Gasteiger partial charge in [0.25, 0.3) is 0 Å². The first kappa shape index (κ1) is 15.8. The number of nitrogens with one attached hydrogen (secondary N) is 1. The van der Waals surface area contributed by atoms with Crippen LogP contribution in [0.15, 0.2) is 14.3 Å². The molecule has 2 fully saturated rings. The number of thiophene rings is 1. The SMILES string of the molecule is NNC(c1cc(Br)c(Br)s1)C1CCOC2(CCSC2)C1. The highest BCUT2D eigenvalue weighted by atomic mass is 79.9. The van der Waals surface area contributed by atoms with Crippen LogP contribution in [0.2, 0.25) is 0 Å². The molecule has 0 amide bonds. The average Bonchev–Trinajstić information content (AvgIpc) is 2.99. The highest BCUT2D eigenvalue weighted by Crippen LogP contribution is 2.46. The maximum atomic E-state index is 6.11. The van der Waals surface area contributed by atoms with E-state index in [1.165, 1.54) is 17.1 Å². The van der Waals surface area contributed by atoms with Gasteiger partial charge in [-0.15, -0.1) is 11.3 Å². The minimum Gasteiger partial charge on any atom is -0.374 e. The Balaban J connectivity index is 1.78. The van der Waals surface area contributed by atoms with Crippen molar-refractivity contribution in [3.63, 3.8) is 0 Å². The van der Waals surface area contributed by atoms with E-state index in [0.717, 1.165) is 33.5 Å². The lowest BCUT2D eigenvalue weighted by Crippen LogP contribution is -2.44. The Bertz CT molecular complexity index is 457. The van der Waals surface area contributed by atoms with Gasteiger partial charge in [0.15, 0.2) is 0 Å². The van der Waals surface area contributed by atoms with Gasteiger partial charge >= 0.3 is 0 Å². The highest BCUT2D eigenvalue weighted by molar-refractivity contribution is 9.13. The molecular weight excluding hydrogens is 424 g/mol.